The summed E-state index contributed by atoms with van der Waals surface area (Å²) in [6.45, 7) is 3.67. The van der Waals surface area contributed by atoms with Crippen LogP contribution in [-0.2, 0) is 9.84 Å². The Balaban J connectivity index is 0.00000261. The molecule has 0 amide bonds. The van der Waals surface area contributed by atoms with Crippen LogP contribution in [0.1, 0.15) is 13.8 Å². The smallest absolute Gasteiger partial charge is 0.220 e. The van der Waals surface area contributed by atoms with E-state index in [4.69, 9.17) is 23.1 Å². The molecule has 0 spiro atoms. The molecule has 3 rings (SSSR count). The van der Waals surface area contributed by atoms with Crippen LogP contribution in [0.15, 0.2) is 68.3 Å². The van der Waals surface area contributed by atoms with Crippen molar-refractivity contribution in [2.45, 2.75) is 29.3 Å². The third-order valence-electron chi connectivity index (χ3n) is 3.92. The number of hydrogen-bond acceptors (Lipinski definition) is 7. The van der Waals surface area contributed by atoms with Crippen LogP contribution in [0, 0.1) is 0 Å². The van der Waals surface area contributed by atoms with Crippen LogP contribution >= 0.6 is 24.0 Å². The minimum absolute atomic E-state index is 0. The highest BCUT2D eigenvalue weighted by molar-refractivity contribution is 7.91. The first-order valence-corrected chi connectivity index (χ1v) is 9.58. The number of benzene rings is 2. The molecule has 0 aromatic heterocycles. The molecule has 0 atom stereocenters. The molecular weight excluding hydrogens is 409 g/mol. The third kappa shape index (κ3) is 4.02. The number of hydrogen-bond donors (Lipinski definition) is 2. The summed E-state index contributed by atoms with van der Waals surface area (Å²) in [5.41, 5.74) is 11.6. The summed E-state index contributed by atoms with van der Waals surface area (Å²) in [5.74, 6) is 0.293. The van der Waals surface area contributed by atoms with Gasteiger partial charge in [-0.2, -0.15) is 4.99 Å². The Kier molecular flexibility index (Phi) is 5.74. The molecule has 2 aromatic carbocycles. The molecule has 27 heavy (non-hydrogen) atoms. The Morgan fingerprint density at radius 2 is 1.44 bits per heavy atom. The van der Waals surface area contributed by atoms with Crippen LogP contribution in [0.3, 0.4) is 0 Å². The summed E-state index contributed by atoms with van der Waals surface area (Å²) in [4.78, 5) is 10.3. The largest absolute Gasteiger partial charge is 0.369 e. The number of anilines is 1. The maximum atomic E-state index is 12.7. The lowest BCUT2D eigenvalue weighted by Gasteiger charge is -2.38. The highest BCUT2D eigenvalue weighted by atomic mass is 35.5. The van der Waals surface area contributed by atoms with Gasteiger partial charge in [0.1, 0.15) is 5.66 Å². The molecule has 0 unspecified atom stereocenters. The number of rotatable bonds is 3. The Morgan fingerprint density at radius 3 is 1.93 bits per heavy atom. The van der Waals surface area contributed by atoms with Crippen molar-refractivity contribution in [3.8, 4) is 0 Å². The Morgan fingerprint density at radius 1 is 0.963 bits per heavy atom. The summed E-state index contributed by atoms with van der Waals surface area (Å²) in [5, 5.41) is 0.473. The highest BCUT2D eigenvalue weighted by Gasteiger charge is 2.33. The van der Waals surface area contributed by atoms with E-state index >= 15 is 0 Å². The van der Waals surface area contributed by atoms with E-state index in [0.29, 0.717) is 10.7 Å². The van der Waals surface area contributed by atoms with Gasteiger partial charge in [0.2, 0.25) is 21.8 Å². The number of guanidine groups is 2. The molecule has 0 fully saturated rings. The number of aliphatic imine (C=N–C) groups is 2. The van der Waals surface area contributed by atoms with Gasteiger partial charge in [0.25, 0.3) is 0 Å². The maximum Gasteiger partial charge on any atom is 0.220 e. The van der Waals surface area contributed by atoms with E-state index in [2.05, 4.69) is 9.98 Å². The van der Waals surface area contributed by atoms with Crippen molar-refractivity contribution in [1.82, 2.24) is 0 Å². The van der Waals surface area contributed by atoms with Crippen LogP contribution in [-0.4, -0.2) is 26.0 Å². The zero-order valence-corrected chi connectivity index (χ0v) is 17.0. The average Bonchev–Trinajstić information content (AvgIpc) is 2.54. The lowest BCUT2D eigenvalue weighted by Crippen LogP contribution is -2.54. The minimum atomic E-state index is -3.64. The SMILES string of the molecule is CC1(C)N=C(N)N=C(N)N1c1ccc(S(=O)(=O)c2ccc(Cl)cc2)cc1.Cl. The van der Waals surface area contributed by atoms with Crippen molar-refractivity contribution >= 4 is 51.5 Å². The van der Waals surface area contributed by atoms with Gasteiger partial charge in [-0.05, 0) is 62.4 Å². The maximum absolute atomic E-state index is 12.7. The number of sulfone groups is 1. The van der Waals surface area contributed by atoms with Gasteiger partial charge in [-0.15, -0.1) is 12.4 Å². The van der Waals surface area contributed by atoms with Crippen LogP contribution in [0.5, 0.6) is 0 Å². The molecule has 0 saturated carbocycles. The summed E-state index contributed by atoms with van der Waals surface area (Å²) in [6.07, 6.45) is 0. The number of nitrogens with zero attached hydrogens (tertiary/aromatic N) is 3. The van der Waals surface area contributed by atoms with Crippen LogP contribution in [0.4, 0.5) is 5.69 Å². The van der Waals surface area contributed by atoms with Crippen LogP contribution < -0.4 is 16.4 Å². The third-order valence-corrected chi connectivity index (χ3v) is 5.96. The molecule has 10 heteroatoms. The molecule has 0 saturated heterocycles. The molecule has 4 N–H and O–H groups in total. The average molecular weight is 428 g/mol. The molecular formula is C17H19Cl2N5O2S. The van der Waals surface area contributed by atoms with E-state index < -0.39 is 15.5 Å². The fraction of sp³-hybridized carbons (Fsp3) is 0.176. The zero-order valence-electron chi connectivity index (χ0n) is 14.6. The minimum Gasteiger partial charge on any atom is -0.369 e. The van der Waals surface area contributed by atoms with Gasteiger partial charge in [-0.25, -0.2) is 13.4 Å². The fourth-order valence-corrected chi connectivity index (χ4v) is 4.16. The summed E-state index contributed by atoms with van der Waals surface area (Å²) in [7, 11) is -3.64. The molecule has 1 aliphatic heterocycles. The molecule has 1 aliphatic rings. The van der Waals surface area contributed by atoms with E-state index in [1.807, 2.05) is 13.8 Å². The molecule has 0 bridgehead atoms. The second-order valence-electron chi connectivity index (χ2n) is 6.22. The van der Waals surface area contributed by atoms with Crippen LogP contribution in [0.25, 0.3) is 0 Å². The summed E-state index contributed by atoms with van der Waals surface area (Å²) < 4.78 is 25.4. The van der Waals surface area contributed by atoms with Gasteiger partial charge in [-0.1, -0.05) is 11.6 Å². The van der Waals surface area contributed by atoms with Gasteiger partial charge in [0, 0.05) is 10.7 Å². The first kappa shape index (κ1) is 21.0. The van der Waals surface area contributed by atoms with E-state index in [0.717, 1.165) is 0 Å². The van der Waals surface area contributed by atoms with Gasteiger partial charge in [-0.3, -0.25) is 4.90 Å². The van der Waals surface area contributed by atoms with Crippen molar-refractivity contribution in [3.63, 3.8) is 0 Å². The highest BCUT2D eigenvalue weighted by Crippen LogP contribution is 2.29. The first-order chi connectivity index (χ1) is 12.1. The standard InChI is InChI=1S/C17H18ClN5O2S.ClH/c1-17(2)22-15(19)21-16(20)23(17)12-5-9-14(10-6-12)26(24,25)13-7-3-11(18)4-8-13;/h3-10H,1-2H3,(H4,19,20,21,22);1H. The summed E-state index contributed by atoms with van der Waals surface area (Å²) >= 11 is 5.82. The van der Waals surface area contributed by atoms with Gasteiger partial charge < -0.3 is 11.5 Å². The van der Waals surface area contributed by atoms with Crippen molar-refractivity contribution in [2.75, 3.05) is 4.90 Å². The van der Waals surface area contributed by atoms with E-state index in [-0.39, 0.29) is 34.1 Å². The lowest BCUT2D eigenvalue weighted by molar-refractivity contribution is 0.534. The molecule has 7 nitrogen and oxygen atoms in total. The number of nitrogens with two attached hydrogens (primary N) is 2. The first-order valence-electron chi connectivity index (χ1n) is 7.72. The van der Waals surface area contributed by atoms with Gasteiger partial charge >= 0.3 is 0 Å². The zero-order chi connectivity index (χ0) is 19.1. The number of halogens is 2. The fourth-order valence-electron chi connectivity index (χ4n) is 2.78. The Bertz CT molecular complexity index is 1000. The Labute approximate surface area is 169 Å². The summed E-state index contributed by atoms with van der Waals surface area (Å²) in [6, 6.07) is 12.4. The van der Waals surface area contributed by atoms with Gasteiger partial charge in [0.05, 0.1) is 9.79 Å². The lowest BCUT2D eigenvalue weighted by atomic mass is 10.1. The second kappa shape index (κ2) is 7.38. The van der Waals surface area contributed by atoms with E-state index in [9.17, 15) is 8.42 Å². The van der Waals surface area contributed by atoms with E-state index in [1.165, 1.54) is 24.3 Å². The topological polar surface area (TPSA) is 114 Å². The molecule has 144 valence electrons. The predicted octanol–water partition coefficient (Wildman–Crippen LogP) is 2.78. The monoisotopic (exact) mass is 427 g/mol. The van der Waals surface area contributed by atoms with E-state index in [1.54, 1.807) is 29.2 Å². The van der Waals surface area contributed by atoms with Crippen molar-refractivity contribution in [2.24, 2.45) is 21.5 Å². The molecule has 0 aliphatic carbocycles. The second-order valence-corrected chi connectivity index (χ2v) is 8.61. The van der Waals surface area contributed by atoms with Crippen LogP contribution in [0.2, 0.25) is 5.02 Å². The predicted molar refractivity (Wildman–Crippen MR) is 110 cm³/mol. The van der Waals surface area contributed by atoms with Gasteiger partial charge in [0.15, 0.2) is 0 Å². The van der Waals surface area contributed by atoms with Crippen molar-refractivity contribution in [1.29, 1.82) is 0 Å². The molecule has 0 radical (unpaired) electrons. The normalized spacial score (nSPS) is 16.2. The Hall–Kier alpha value is -2.29. The van der Waals surface area contributed by atoms with Crippen molar-refractivity contribution < 1.29 is 8.42 Å². The quantitative estimate of drug-likeness (QED) is 0.780. The molecule has 2 aromatic rings. The van der Waals surface area contributed by atoms with Crippen molar-refractivity contribution in [3.05, 3.63) is 53.6 Å². The molecule has 1 heterocycles.